The summed E-state index contributed by atoms with van der Waals surface area (Å²) in [6.45, 7) is 0.501. The molecule has 0 atom stereocenters. The van der Waals surface area contributed by atoms with E-state index in [9.17, 15) is 13.2 Å². The maximum Gasteiger partial charge on any atom is 0.417 e. The van der Waals surface area contributed by atoms with Crippen LogP contribution in [0.25, 0.3) is 0 Å². The number of nitrogens with one attached hydrogen (secondary N) is 1. The minimum Gasteiger partial charge on any atom is -0.310 e. The molecule has 1 aliphatic rings. The van der Waals surface area contributed by atoms with Crippen molar-refractivity contribution >= 4 is 15.9 Å². The van der Waals surface area contributed by atoms with Crippen molar-refractivity contribution in [2.75, 3.05) is 0 Å². The lowest BCUT2D eigenvalue weighted by Gasteiger charge is -2.23. The summed E-state index contributed by atoms with van der Waals surface area (Å²) in [6.07, 6.45) is 1.65. The Hall–Kier alpha value is -0.550. The maximum absolute atomic E-state index is 12.8. The van der Waals surface area contributed by atoms with Crippen LogP contribution < -0.4 is 5.32 Å². The molecule has 0 heterocycles. The number of benzene rings is 1. The van der Waals surface area contributed by atoms with Crippen molar-refractivity contribution in [3.05, 3.63) is 33.8 Å². The average Bonchev–Trinajstić information content (AvgIpc) is 2.37. The Kier molecular flexibility index (Phi) is 4.90. The summed E-state index contributed by atoms with van der Waals surface area (Å²) in [5, 5.41) is 3.35. The molecule has 0 amide bonds. The van der Waals surface area contributed by atoms with E-state index in [0.717, 1.165) is 12.8 Å². The van der Waals surface area contributed by atoms with Crippen LogP contribution in [-0.4, -0.2) is 6.04 Å². The van der Waals surface area contributed by atoms with Crippen LogP contribution in [0.15, 0.2) is 22.7 Å². The Balaban J connectivity index is 2.00. The Bertz CT molecular complexity index is 425. The van der Waals surface area contributed by atoms with Gasteiger partial charge in [0.25, 0.3) is 0 Å². The van der Waals surface area contributed by atoms with Crippen molar-refractivity contribution in [2.45, 2.75) is 50.9 Å². The third-order valence-corrected chi connectivity index (χ3v) is 4.23. The standard InChI is InChI=1S/C14H17BrF3N/c15-13-7-6-10(8-12(13)14(16,17)18)9-19-11-4-2-1-3-5-11/h6-8,11,19H,1-5,9H2. The highest BCUT2D eigenvalue weighted by molar-refractivity contribution is 9.10. The zero-order valence-electron chi connectivity index (χ0n) is 10.6. The van der Waals surface area contributed by atoms with Gasteiger partial charge in [-0.3, -0.25) is 0 Å². The highest BCUT2D eigenvalue weighted by Crippen LogP contribution is 2.35. The van der Waals surface area contributed by atoms with E-state index >= 15 is 0 Å². The number of alkyl halides is 3. The number of halogens is 4. The Morgan fingerprint density at radius 3 is 2.47 bits per heavy atom. The Morgan fingerprint density at radius 2 is 1.84 bits per heavy atom. The molecule has 1 aromatic carbocycles. The highest BCUT2D eigenvalue weighted by Gasteiger charge is 2.33. The van der Waals surface area contributed by atoms with Gasteiger partial charge in [-0.05, 0) is 30.5 Å². The topological polar surface area (TPSA) is 12.0 Å². The molecule has 0 aliphatic heterocycles. The molecule has 1 fully saturated rings. The number of hydrogen-bond acceptors (Lipinski definition) is 1. The zero-order chi connectivity index (χ0) is 13.9. The van der Waals surface area contributed by atoms with Crippen molar-refractivity contribution in [1.29, 1.82) is 0 Å². The molecule has 2 rings (SSSR count). The first kappa shape index (κ1) is 14.9. The first-order chi connectivity index (χ1) is 8.97. The van der Waals surface area contributed by atoms with Crippen LogP contribution in [0.3, 0.4) is 0 Å². The van der Waals surface area contributed by atoms with Gasteiger partial charge in [-0.1, -0.05) is 41.3 Å². The van der Waals surface area contributed by atoms with Crippen molar-refractivity contribution < 1.29 is 13.2 Å². The maximum atomic E-state index is 12.8. The van der Waals surface area contributed by atoms with Crippen LogP contribution in [0.2, 0.25) is 0 Å². The van der Waals surface area contributed by atoms with Crippen molar-refractivity contribution in [2.24, 2.45) is 0 Å². The minimum atomic E-state index is -4.31. The van der Waals surface area contributed by atoms with Crippen LogP contribution in [0.4, 0.5) is 13.2 Å². The van der Waals surface area contributed by atoms with Crippen LogP contribution in [0, 0.1) is 0 Å². The van der Waals surface area contributed by atoms with E-state index < -0.39 is 11.7 Å². The van der Waals surface area contributed by atoms with Gasteiger partial charge in [0, 0.05) is 17.1 Å². The fraction of sp³-hybridized carbons (Fsp3) is 0.571. The van der Waals surface area contributed by atoms with E-state index in [2.05, 4.69) is 21.2 Å². The third-order valence-electron chi connectivity index (χ3n) is 3.54. The molecule has 1 saturated carbocycles. The van der Waals surface area contributed by atoms with E-state index in [-0.39, 0.29) is 4.47 Å². The molecule has 1 aromatic rings. The number of hydrogen-bond donors (Lipinski definition) is 1. The molecular weight excluding hydrogens is 319 g/mol. The van der Waals surface area contributed by atoms with Gasteiger partial charge >= 0.3 is 6.18 Å². The van der Waals surface area contributed by atoms with E-state index in [1.54, 1.807) is 6.07 Å². The predicted molar refractivity (Wildman–Crippen MR) is 72.9 cm³/mol. The Morgan fingerprint density at radius 1 is 1.16 bits per heavy atom. The molecule has 1 aliphatic carbocycles. The van der Waals surface area contributed by atoms with Gasteiger partial charge < -0.3 is 5.32 Å². The largest absolute Gasteiger partial charge is 0.417 e. The zero-order valence-corrected chi connectivity index (χ0v) is 12.1. The van der Waals surface area contributed by atoms with Gasteiger partial charge in [0.2, 0.25) is 0 Å². The minimum absolute atomic E-state index is 0.0985. The van der Waals surface area contributed by atoms with E-state index in [4.69, 9.17) is 0 Å². The lowest BCUT2D eigenvalue weighted by Crippen LogP contribution is -2.30. The van der Waals surface area contributed by atoms with Gasteiger partial charge in [-0.2, -0.15) is 13.2 Å². The quantitative estimate of drug-likeness (QED) is 0.829. The van der Waals surface area contributed by atoms with Crippen LogP contribution in [0.5, 0.6) is 0 Å². The molecule has 0 aromatic heterocycles. The highest BCUT2D eigenvalue weighted by atomic mass is 79.9. The SMILES string of the molecule is FC(F)(F)c1cc(CNC2CCCCC2)ccc1Br. The van der Waals surface area contributed by atoms with Crippen LogP contribution in [0.1, 0.15) is 43.2 Å². The molecule has 0 radical (unpaired) electrons. The molecule has 1 N–H and O–H groups in total. The Labute approximate surface area is 119 Å². The molecule has 0 spiro atoms. The van der Waals surface area contributed by atoms with Crippen molar-refractivity contribution in [3.8, 4) is 0 Å². The second kappa shape index (κ2) is 6.27. The summed E-state index contributed by atoms with van der Waals surface area (Å²) in [5.41, 5.74) is 0.0801. The summed E-state index contributed by atoms with van der Waals surface area (Å²) < 4.78 is 38.4. The summed E-state index contributed by atoms with van der Waals surface area (Å²) in [7, 11) is 0. The first-order valence-corrected chi connectivity index (χ1v) is 7.35. The molecule has 5 heteroatoms. The smallest absolute Gasteiger partial charge is 0.310 e. The molecule has 19 heavy (non-hydrogen) atoms. The van der Waals surface area contributed by atoms with Crippen LogP contribution in [-0.2, 0) is 12.7 Å². The predicted octanol–water partition coefficient (Wildman–Crippen LogP) is 4.89. The van der Waals surface area contributed by atoms with Crippen molar-refractivity contribution in [3.63, 3.8) is 0 Å². The second-order valence-corrected chi connectivity index (χ2v) is 5.88. The van der Waals surface area contributed by atoms with Crippen molar-refractivity contribution in [1.82, 2.24) is 5.32 Å². The summed E-state index contributed by atoms with van der Waals surface area (Å²) in [6, 6.07) is 4.88. The van der Waals surface area contributed by atoms with Gasteiger partial charge in [0.15, 0.2) is 0 Å². The van der Waals surface area contributed by atoms with Gasteiger partial charge in [0.05, 0.1) is 5.56 Å². The average molecular weight is 336 g/mol. The molecule has 0 saturated heterocycles. The fourth-order valence-electron chi connectivity index (χ4n) is 2.47. The normalized spacial score (nSPS) is 17.7. The lowest BCUT2D eigenvalue weighted by atomic mass is 9.95. The summed E-state index contributed by atoms with van der Waals surface area (Å²) >= 11 is 2.95. The second-order valence-electron chi connectivity index (χ2n) is 5.03. The van der Waals surface area contributed by atoms with Gasteiger partial charge in [-0.15, -0.1) is 0 Å². The van der Waals surface area contributed by atoms with E-state index in [1.807, 2.05) is 0 Å². The molecule has 0 bridgehead atoms. The monoisotopic (exact) mass is 335 g/mol. The third kappa shape index (κ3) is 4.21. The first-order valence-electron chi connectivity index (χ1n) is 6.56. The van der Waals surface area contributed by atoms with Crippen LogP contribution >= 0.6 is 15.9 Å². The molecule has 0 unspecified atom stereocenters. The van der Waals surface area contributed by atoms with Gasteiger partial charge in [-0.25, -0.2) is 0 Å². The fourth-order valence-corrected chi connectivity index (χ4v) is 2.94. The van der Waals surface area contributed by atoms with E-state index in [0.29, 0.717) is 18.2 Å². The van der Waals surface area contributed by atoms with E-state index in [1.165, 1.54) is 31.4 Å². The molecule has 106 valence electrons. The summed E-state index contributed by atoms with van der Waals surface area (Å²) in [5.74, 6) is 0. The van der Waals surface area contributed by atoms with Gasteiger partial charge in [0.1, 0.15) is 0 Å². The molecule has 1 nitrogen and oxygen atoms in total. The molecular formula is C14H17BrF3N. The lowest BCUT2D eigenvalue weighted by molar-refractivity contribution is -0.138. The summed E-state index contributed by atoms with van der Waals surface area (Å²) in [4.78, 5) is 0. The number of rotatable bonds is 3.